The van der Waals surface area contributed by atoms with Gasteiger partial charge < -0.3 is 36.2 Å². The number of carboxylic acids is 1. The molecule has 3 heterocycles. The fourth-order valence-electron chi connectivity index (χ4n) is 4.04. The van der Waals surface area contributed by atoms with E-state index in [1.165, 1.54) is 19.1 Å². The zero-order valence-electron chi connectivity index (χ0n) is 19.9. The lowest BCUT2D eigenvalue weighted by Crippen LogP contribution is -2.44. The minimum absolute atomic E-state index is 0. The van der Waals surface area contributed by atoms with Crippen molar-refractivity contribution in [2.75, 3.05) is 38.1 Å². The SMILES string of the molecule is CC(O)C(=O)O.CN1CCN(c2ccc3nc(C4=C(N)C5C(F)=CC=CC5=NC4=O)[nH]c3c2)CC1.O. The van der Waals surface area contributed by atoms with Crippen LogP contribution in [0.15, 0.2) is 52.9 Å². The van der Waals surface area contributed by atoms with Gasteiger partial charge >= 0.3 is 5.97 Å². The Bertz CT molecular complexity index is 1290. The molecule has 2 atom stereocenters. The number of allylic oxidation sites excluding steroid dienone is 4. The van der Waals surface area contributed by atoms with E-state index in [-0.39, 0.29) is 16.7 Å². The Labute approximate surface area is 206 Å². The van der Waals surface area contributed by atoms with Gasteiger partial charge in [0, 0.05) is 37.6 Å². The highest BCUT2D eigenvalue weighted by Crippen LogP contribution is 2.34. The van der Waals surface area contributed by atoms with Gasteiger partial charge in [-0.15, -0.1) is 0 Å². The van der Waals surface area contributed by atoms with Crippen LogP contribution in [0.4, 0.5) is 10.1 Å². The van der Waals surface area contributed by atoms with Crippen molar-refractivity contribution in [3.05, 3.63) is 53.8 Å². The van der Waals surface area contributed by atoms with Crippen molar-refractivity contribution in [2.24, 2.45) is 16.6 Å². The van der Waals surface area contributed by atoms with Gasteiger partial charge in [-0.3, -0.25) is 4.79 Å². The predicted molar refractivity (Wildman–Crippen MR) is 134 cm³/mol. The molecule has 11 nitrogen and oxygen atoms in total. The predicted octanol–water partition coefficient (Wildman–Crippen LogP) is 0.632. The van der Waals surface area contributed by atoms with E-state index in [0.29, 0.717) is 11.5 Å². The molecule has 192 valence electrons. The highest BCUT2D eigenvalue weighted by Gasteiger charge is 2.35. The number of H-pyrrole nitrogens is 1. The third kappa shape index (κ3) is 5.35. The van der Waals surface area contributed by atoms with Gasteiger partial charge in [0.15, 0.2) is 0 Å². The normalized spacial score (nSPS) is 20.6. The van der Waals surface area contributed by atoms with Crippen LogP contribution in [-0.2, 0) is 9.59 Å². The van der Waals surface area contributed by atoms with E-state index in [9.17, 15) is 14.0 Å². The standard InChI is InChI=1S/C21H21FN6O.C3H6O3.H2O/c1-27-7-9-28(10-8-27)12-5-6-14-16(11-12)25-20(24-14)18-19(23)17-13(22)3-2-4-15(17)26-21(18)29;1-2(4)3(5)6;/h2-6,11,17H,7-10,23H2,1H3,(H,24,25);2,4H,1H3,(H,5,6);1H2. The zero-order chi connectivity index (χ0) is 25.3. The molecule has 2 unspecified atom stereocenters. The van der Waals surface area contributed by atoms with E-state index in [2.05, 4.69) is 31.8 Å². The molecule has 0 saturated carbocycles. The number of anilines is 1. The van der Waals surface area contributed by atoms with E-state index < -0.39 is 29.7 Å². The summed E-state index contributed by atoms with van der Waals surface area (Å²) in [5.74, 6) is -2.63. The monoisotopic (exact) mass is 500 g/mol. The molecule has 3 aliphatic rings. The van der Waals surface area contributed by atoms with E-state index >= 15 is 0 Å². The molecule has 1 aromatic carbocycles. The Balaban J connectivity index is 0.000000464. The van der Waals surface area contributed by atoms with Gasteiger partial charge in [-0.1, -0.05) is 6.08 Å². The van der Waals surface area contributed by atoms with Gasteiger partial charge in [0.1, 0.15) is 23.3 Å². The molecular weight excluding hydrogens is 471 g/mol. The number of imidazole rings is 1. The van der Waals surface area contributed by atoms with E-state index in [1.807, 2.05) is 18.2 Å². The highest BCUT2D eigenvalue weighted by atomic mass is 19.1. The summed E-state index contributed by atoms with van der Waals surface area (Å²) in [5, 5.41) is 15.8. The number of hydrogen-bond donors (Lipinski definition) is 4. The Morgan fingerprint density at radius 2 is 1.94 bits per heavy atom. The number of aliphatic imine (C=N–C) groups is 1. The number of nitrogens with two attached hydrogens (primary N) is 1. The van der Waals surface area contributed by atoms with Gasteiger partial charge in [-0.2, -0.15) is 0 Å². The molecule has 0 radical (unpaired) electrons. The first-order valence-corrected chi connectivity index (χ1v) is 11.2. The first-order chi connectivity index (χ1) is 16.7. The van der Waals surface area contributed by atoms with Crippen molar-refractivity contribution in [2.45, 2.75) is 13.0 Å². The number of aromatic nitrogens is 2. The Morgan fingerprint density at radius 3 is 2.58 bits per heavy atom. The van der Waals surface area contributed by atoms with E-state index in [4.69, 9.17) is 15.9 Å². The van der Waals surface area contributed by atoms with Crippen LogP contribution < -0.4 is 10.6 Å². The number of piperazine rings is 1. The van der Waals surface area contributed by atoms with Gasteiger partial charge in [-0.25, -0.2) is 19.2 Å². The number of likely N-dealkylation sites (N-methyl/N-ethyl adjacent to an activating group) is 1. The Morgan fingerprint density at radius 1 is 1.28 bits per heavy atom. The smallest absolute Gasteiger partial charge is 0.332 e. The summed E-state index contributed by atoms with van der Waals surface area (Å²) >= 11 is 0. The second-order valence-corrected chi connectivity index (χ2v) is 8.61. The molecule has 1 fully saturated rings. The molecule has 2 aliphatic heterocycles. The number of aliphatic carboxylic acids is 1. The minimum Gasteiger partial charge on any atom is -0.479 e. The number of hydrogen-bond acceptors (Lipinski definition) is 7. The second kappa shape index (κ2) is 10.8. The number of nitrogens with one attached hydrogen (secondary N) is 1. The maximum Gasteiger partial charge on any atom is 0.332 e. The number of rotatable bonds is 3. The van der Waals surface area contributed by atoms with Crippen molar-refractivity contribution in [1.29, 1.82) is 0 Å². The number of nitrogens with zero attached hydrogens (tertiary/aromatic N) is 4. The maximum absolute atomic E-state index is 14.3. The van der Waals surface area contributed by atoms with E-state index in [1.54, 1.807) is 6.08 Å². The molecule has 0 bridgehead atoms. The van der Waals surface area contributed by atoms with Crippen LogP contribution in [-0.4, -0.2) is 87.5 Å². The van der Waals surface area contributed by atoms with Crippen molar-refractivity contribution in [3.63, 3.8) is 0 Å². The van der Waals surface area contributed by atoms with Crippen LogP contribution in [0.25, 0.3) is 16.6 Å². The summed E-state index contributed by atoms with van der Waals surface area (Å²) in [6.45, 7) is 5.14. The van der Waals surface area contributed by atoms with Crippen LogP contribution >= 0.6 is 0 Å². The lowest BCUT2D eigenvalue weighted by atomic mass is 9.88. The summed E-state index contributed by atoms with van der Waals surface area (Å²) in [4.78, 5) is 38.4. The number of amides is 1. The van der Waals surface area contributed by atoms with Crippen molar-refractivity contribution in [3.8, 4) is 0 Å². The number of fused-ring (bicyclic) bond motifs is 2. The molecular formula is C24H29FN6O5. The molecule has 1 aromatic heterocycles. The highest BCUT2D eigenvalue weighted by molar-refractivity contribution is 6.28. The number of aromatic amines is 1. The van der Waals surface area contributed by atoms with Crippen LogP contribution in [0.3, 0.4) is 0 Å². The number of benzene rings is 1. The summed E-state index contributed by atoms with van der Waals surface area (Å²) in [7, 11) is 2.12. The third-order valence-corrected chi connectivity index (χ3v) is 6.07. The number of aliphatic hydroxyl groups excluding tert-OH is 1. The van der Waals surface area contributed by atoms with Crippen LogP contribution in [0.2, 0.25) is 0 Å². The molecule has 36 heavy (non-hydrogen) atoms. The lowest BCUT2D eigenvalue weighted by molar-refractivity contribution is -0.145. The van der Waals surface area contributed by atoms with Crippen molar-refractivity contribution in [1.82, 2.24) is 14.9 Å². The van der Waals surface area contributed by atoms with E-state index in [0.717, 1.165) is 42.9 Å². The maximum atomic E-state index is 14.3. The lowest BCUT2D eigenvalue weighted by Gasteiger charge is -2.34. The molecule has 0 spiro atoms. The first-order valence-electron chi connectivity index (χ1n) is 11.2. The number of carbonyl (C=O) groups is 2. The van der Waals surface area contributed by atoms with Gasteiger partial charge in [-0.05, 0) is 44.3 Å². The molecule has 2 aromatic rings. The van der Waals surface area contributed by atoms with Crippen LogP contribution in [0, 0.1) is 5.92 Å². The van der Waals surface area contributed by atoms with Crippen molar-refractivity contribution < 1.29 is 29.7 Å². The largest absolute Gasteiger partial charge is 0.479 e. The minimum atomic E-state index is -1.23. The van der Waals surface area contributed by atoms with Gasteiger partial charge in [0.2, 0.25) is 0 Å². The molecule has 1 aliphatic carbocycles. The first kappa shape index (κ1) is 26.7. The fourth-order valence-corrected chi connectivity index (χ4v) is 4.04. The second-order valence-electron chi connectivity index (χ2n) is 8.61. The summed E-state index contributed by atoms with van der Waals surface area (Å²) in [6, 6.07) is 5.98. The number of carboxylic acid groups (broad SMARTS) is 1. The molecule has 1 saturated heterocycles. The number of dihydropyridines is 1. The zero-order valence-corrected chi connectivity index (χ0v) is 19.9. The molecule has 12 heteroatoms. The number of halogens is 1. The number of aliphatic hydroxyl groups is 1. The van der Waals surface area contributed by atoms with Crippen LogP contribution in [0.1, 0.15) is 12.7 Å². The average molecular weight is 501 g/mol. The summed E-state index contributed by atoms with van der Waals surface area (Å²) in [6.07, 6.45) is 3.24. The average Bonchev–Trinajstić information content (AvgIpc) is 3.22. The summed E-state index contributed by atoms with van der Waals surface area (Å²) < 4.78 is 14.3. The molecule has 7 N–H and O–H groups in total. The Kier molecular flexibility index (Phi) is 8.03. The molecule has 1 amide bonds. The fraction of sp³-hybridized carbons (Fsp3) is 0.333. The quantitative estimate of drug-likeness (QED) is 0.474. The van der Waals surface area contributed by atoms with Crippen molar-refractivity contribution >= 4 is 39.9 Å². The number of carbonyl (C=O) groups excluding carboxylic acids is 1. The summed E-state index contributed by atoms with van der Waals surface area (Å²) in [5.41, 5.74) is 9.44. The topological polar surface area (TPSA) is 180 Å². The molecule has 5 rings (SSSR count). The Hall–Kier alpha value is -3.87. The third-order valence-electron chi connectivity index (χ3n) is 6.07. The van der Waals surface area contributed by atoms with Gasteiger partial charge in [0.25, 0.3) is 5.91 Å². The van der Waals surface area contributed by atoms with Crippen LogP contribution in [0.5, 0.6) is 0 Å². The van der Waals surface area contributed by atoms with Gasteiger partial charge in [0.05, 0.1) is 22.7 Å².